The molecule has 16 heavy (non-hydrogen) atoms. The minimum Gasteiger partial charge on any atom is -0.393 e. The number of rotatable bonds is 4. The summed E-state index contributed by atoms with van der Waals surface area (Å²) in [6.07, 6.45) is 8.74. The predicted molar refractivity (Wildman–Crippen MR) is 67.4 cm³/mol. The Hall–Kier alpha value is -0.0800. The molecule has 0 radical (unpaired) electrons. The van der Waals surface area contributed by atoms with Crippen LogP contribution in [0.1, 0.15) is 58.8 Å². The van der Waals surface area contributed by atoms with Crippen molar-refractivity contribution in [3.8, 4) is 0 Å². The Kier molecular flexibility index (Phi) is 4.26. The van der Waals surface area contributed by atoms with Gasteiger partial charge in [-0.3, -0.25) is 4.90 Å². The van der Waals surface area contributed by atoms with Crippen molar-refractivity contribution < 1.29 is 5.11 Å². The molecule has 1 aliphatic carbocycles. The van der Waals surface area contributed by atoms with E-state index in [2.05, 4.69) is 18.7 Å². The summed E-state index contributed by atoms with van der Waals surface area (Å²) in [5.41, 5.74) is 0. The highest BCUT2D eigenvalue weighted by molar-refractivity contribution is 4.93. The fourth-order valence-corrected chi connectivity index (χ4v) is 3.82. The van der Waals surface area contributed by atoms with Gasteiger partial charge in [0.25, 0.3) is 0 Å². The standard InChI is InChI=1S/C14H27NO/c1-3-6-11(2)15-10-5-8-13(15)12-7-4-9-14(12)16/h11-14,16H,3-10H2,1-2H3. The molecule has 1 saturated carbocycles. The lowest BCUT2D eigenvalue weighted by atomic mass is 9.93. The zero-order valence-electron chi connectivity index (χ0n) is 10.9. The van der Waals surface area contributed by atoms with Crippen molar-refractivity contribution in [3.05, 3.63) is 0 Å². The second-order valence-corrected chi connectivity index (χ2v) is 5.75. The molecule has 1 saturated heterocycles. The highest BCUT2D eigenvalue weighted by Crippen LogP contribution is 2.37. The summed E-state index contributed by atoms with van der Waals surface area (Å²) >= 11 is 0. The van der Waals surface area contributed by atoms with Crippen LogP contribution in [0, 0.1) is 5.92 Å². The highest BCUT2D eigenvalue weighted by atomic mass is 16.3. The molecule has 0 bridgehead atoms. The number of hydrogen-bond acceptors (Lipinski definition) is 2. The van der Waals surface area contributed by atoms with Crippen molar-refractivity contribution in [1.29, 1.82) is 0 Å². The maximum atomic E-state index is 10.1. The van der Waals surface area contributed by atoms with Gasteiger partial charge in [-0.2, -0.15) is 0 Å². The second kappa shape index (κ2) is 5.50. The van der Waals surface area contributed by atoms with Crippen molar-refractivity contribution in [2.75, 3.05) is 6.54 Å². The third kappa shape index (κ3) is 2.43. The van der Waals surface area contributed by atoms with Gasteiger partial charge in [-0.25, -0.2) is 0 Å². The zero-order chi connectivity index (χ0) is 11.5. The normalized spacial score (nSPS) is 38.1. The number of likely N-dealkylation sites (tertiary alicyclic amines) is 1. The minimum absolute atomic E-state index is 0.0144. The van der Waals surface area contributed by atoms with E-state index in [1.165, 1.54) is 45.1 Å². The maximum Gasteiger partial charge on any atom is 0.0583 e. The number of aliphatic hydroxyl groups is 1. The predicted octanol–water partition coefficient (Wildman–Crippen LogP) is 2.80. The fraction of sp³-hybridized carbons (Fsp3) is 1.00. The van der Waals surface area contributed by atoms with Crippen molar-refractivity contribution in [3.63, 3.8) is 0 Å². The lowest BCUT2D eigenvalue weighted by Gasteiger charge is -2.35. The lowest BCUT2D eigenvalue weighted by molar-refractivity contribution is 0.0577. The number of hydrogen-bond donors (Lipinski definition) is 1. The Morgan fingerprint density at radius 2 is 2.06 bits per heavy atom. The van der Waals surface area contributed by atoms with Crippen LogP contribution in [0.4, 0.5) is 0 Å². The third-order valence-corrected chi connectivity index (χ3v) is 4.64. The van der Waals surface area contributed by atoms with Crippen LogP contribution in [0.25, 0.3) is 0 Å². The van der Waals surface area contributed by atoms with Crippen LogP contribution in [0.2, 0.25) is 0 Å². The molecule has 4 unspecified atom stereocenters. The van der Waals surface area contributed by atoms with Crippen LogP contribution in [0.15, 0.2) is 0 Å². The largest absolute Gasteiger partial charge is 0.393 e. The first-order chi connectivity index (χ1) is 7.74. The van der Waals surface area contributed by atoms with Crippen LogP contribution >= 0.6 is 0 Å². The van der Waals surface area contributed by atoms with E-state index >= 15 is 0 Å². The molecule has 2 fully saturated rings. The Labute approximate surface area is 100 Å². The average molecular weight is 225 g/mol. The maximum absolute atomic E-state index is 10.1. The Morgan fingerprint density at radius 3 is 2.69 bits per heavy atom. The van der Waals surface area contributed by atoms with Gasteiger partial charge in [0.05, 0.1) is 6.10 Å². The van der Waals surface area contributed by atoms with Gasteiger partial charge in [-0.05, 0) is 45.6 Å². The first-order valence-electron chi connectivity index (χ1n) is 7.17. The number of aliphatic hydroxyl groups excluding tert-OH is 1. The average Bonchev–Trinajstić information content (AvgIpc) is 2.85. The van der Waals surface area contributed by atoms with E-state index in [9.17, 15) is 5.11 Å². The summed E-state index contributed by atoms with van der Waals surface area (Å²) in [6, 6.07) is 1.39. The molecular weight excluding hydrogens is 198 g/mol. The lowest BCUT2D eigenvalue weighted by Crippen LogP contribution is -2.43. The summed E-state index contributed by atoms with van der Waals surface area (Å²) < 4.78 is 0. The molecule has 0 aromatic heterocycles. The summed E-state index contributed by atoms with van der Waals surface area (Å²) in [4.78, 5) is 2.68. The van der Waals surface area contributed by atoms with E-state index in [0.717, 1.165) is 6.42 Å². The van der Waals surface area contributed by atoms with Crippen LogP contribution < -0.4 is 0 Å². The molecule has 1 heterocycles. The zero-order valence-corrected chi connectivity index (χ0v) is 10.9. The molecule has 0 amide bonds. The summed E-state index contributed by atoms with van der Waals surface area (Å²) in [5, 5.41) is 10.1. The first-order valence-corrected chi connectivity index (χ1v) is 7.17. The van der Waals surface area contributed by atoms with E-state index < -0.39 is 0 Å². The number of nitrogens with zero attached hydrogens (tertiary/aromatic N) is 1. The molecule has 4 atom stereocenters. The second-order valence-electron chi connectivity index (χ2n) is 5.75. The van der Waals surface area contributed by atoms with E-state index in [1.807, 2.05) is 0 Å². The van der Waals surface area contributed by atoms with Gasteiger partial charge in [0, 0.05) is 18.0 Å². The highest BCUT2D eigenvalue weighted by Gasteiger charge is 2.39. The van der Waals surface area contributed by atoms with Gasteiger partial charge in [0.15, 0.2) is 0 Å². The molecule has 0 aromatic rings. The molecule has 2 heteroatoms. The topological polar surface area (TPSA) is 23.5 Å². The smallest absolute Gasteiger partial charge is 0.0583 e. The van der Waals surface area contributed by atoms with Gasteiger partial charge < -0.3 is 5.11 Å². The van der Waals surface area contributed by atoms with Gasteiger partial charge >= 0.3 is 0 Å². The van der Waals surface area contributed by atoms with Gasteiger partial charge in [0.1, 0.15) is 0 Å². The van der Waals surface area contributed by atoms with E-state index in [0.29, 0.717) is 18.0 Å². The van der Waals surface area contributed by atoms with E-state index in [1.54, 1.807) is 0 Å². The first kappa shape index (κ1) is 12.4. The molecule has 0 spiro atoms. The summed E-state index contributed by atoms with van der Waals surface area (Å²) in [5.74, 6) is 0.571. The van der Waals surface area contributed by atoms with Gasteiger partial charge in [-0.15, -0.1) is 0 Å². The quantitative estimate of drug-likeness (QED) is 0.795. The molecule has 0 aromatic carbocycles. The molecule has 1 N–H and O–H groups in total. The molecule has 1 aliphatic heterocycles. The fourth-order valence-electron chi connectivity index (χ4n) is 3.82. The van der Waals surface area contributed by atoms with E-state index in [-0.39, 0.29) is 6.10 Å². The SMILES string of the molecule is CCCC(C)N1CCCC1C1CCCC1O. The van der Waals surface area contributed by atoms with Crippen molar-refractivity contribution in [2.45, 2.75) is 77.0 Å². The molecule has 94 valence electrons. The molecule has 2 aliphatic rings. The molecular formula is C14H27NO. The van der Waals surface area contributed by atoms with Gasteiger partial charge in [-0.1, -0.05) is 19.8 Å². The van der Waals surface area contributed by atoms with Crippen molar-refractivity contribution in [2.24, 2.45) is 5.92 Å². The molecule has 2 nitrogen and oxygen atoms in total. The van der Waals surface area contributed by atoms with Gasteiger partial charge in [0.2, 0.25) is 0 Å². The van der Waals surface area contributed by atoms with Crippen LogP contribution in [-0.2, 0) is 0 Å². The summed E-state index contributed by atoms with van der Waals surface area (Å²) in [7, 11) is 0. The minimum atomic E-state index is -0.0144. The summed E-state index contributed by atoms with van der Waals surface area (Å²) in [6.45, 7) is 5.89. The van der Waals surface area contributed by atoms with Crippen LogP contribution in [-0.4, -0.2) is 34.7 Å². The van der Waals surface area contributed by atoms with E-state index in [4.69, 9.17) is 0 Å². The van der Waals surface area contributed by atoms with Crippen molar-refractivity contribution >= 4 is 0 Å². The van der Waals surface area contributed by atoms with Crippen LogP contribution in [0.5, 0.6) is 0 Å². The van der Waals surface area contributed by atoms with Crippen LogP contribution in [0.3, 0.4) is 0 Å². The Balaban J connectivity index is 1.97. The monoisotopic (exact) mass is 225 g/mol. The third-order valence-electron chi connectivity index (χ3n) is 4.64. The van der Waals surface area contributed by atoms with Crippen molar-refractivity contribution in [1.82, 2.24) is 4.90 Å². The molecule has 2 rings (SSSR count). The Morgan fingerprint density at radius 1 is 1.25 bits per heavy atom. The Bertz CT molecular complexity index is 219.